The van der Waals surface area contributed by atoms with Crippen LogP contribution in [0, 0.1) is 0 Å². The molecule has 0 aliphatic heterocycles. The third-order valence-electron chi connectivity index (χ3n) is 2.83. The minimum atomic E-state index is -3.46. The first-order valence-electron chi connectivity index (χ1n) is 6.12. The first-order valence-corrected chi connectivity index (χ1v) is 8.01. The lowest BCUT2D eigenvalue weighted by molar-refractivity contribution is 0.0469. The zero-order chi connectivity index (χ0) is 15.5. The van der Waals surface area contributed by atoms with E-state index in [1.165, 1.54) is 6.07 Å². The summed E-state index contributed by atoms with van der Waals surface area (Å²) in [6.45, 7) is 0.0439. The van der Waals surface area contributed by atoms with Crippen LogP contribution in [0.25, 0.3) is 0 Å². The minimum Gasteiger partial charge on any atom is -0.507 e. The van der Waals surface area contributed by atoms with Crippen molar-refractivity contribution < 1.29 is 23.1 Å². The number of aromatic hydroxyl groups is 1. The van der Waals surface area contributed by atoms with Gasteiger partial charge in [0.15, 0.2) is 9.84 Å². The third-order valence-corrected chi connectivity index (χ3v) is 3.94. The van der Waals surface area contributed by atoms with E-state index in [-0.39, 0.29) is 22.8 Å². The van der Waals surface area contributed by atoms with Gasteiger partial charge in [0.25, 0.3) is 0 Å². The topological polar surface area (TPSA) is 80.7 Å². The molecule has 6 heteroatoms. The Hall–Kier alpha value is -2.34. The molecule has 0 saturated heterocycles. The summed E-state index contributed by atoms with van der Waals surface area (Å²) >= 11 is 0. The Balaban J connectivity index is 2.19. The average Bonchev–Trinajstić information content (AvgIpc) is 2.45. The van der Waals surface area contributed by atoms with Gasteiger partial charge in [0.2, 0.25) is 0 Å². The highest BCUT2D eigenvalue weighted by molar-refractivity contribution is 7.90. The van der Waals surface area contributed by atoms with Gasteiger partial charge in [0.05, 0.1) is 4.90 Å². The molecule has 0 unspecified atom stereocenters. The highest BCUT2D eigenvalue weighted by Crippen LogP contribution is 2.22. The van der Waals surface area contributed by atoms with Gasteiger partial charge in [0, 0.05) is 6.26 Å². The SMILES string of the molecule is CS(=O)(=O)c1ccc(O)c(C(=O)OCc2ccccc2)c1. The maximum absolute atomic E-state index is 11.9. The predicted molar refractivity (Wildman–Crippen MR) is 76.8 cm³/mol. The molecule has 0 aliphatic carbocycles. The molecule has 0 amide bonds. The molecule has 21 heavy (non-hydrogen) atoms. The van der Waals surface area contributed by atoms with Crippen molar-refractivity contribution in [1.82, 2.24) is 0 Å². The summed E-state index contributed by atoms with van der Waals surface area (Å²) in [4.78, 5) is 11.9. The van der Waals surface area contributed by atoms with E-state index in [1.807, 2.05) is 18.2 Å². The van der Waals surface area contributed by atoms with Crippen molar-refractivity contribution in [3.05, 3.63) is 59.7 Å². The van der Waals surface area contributed by atoms with Gasteiger partial charge in [-0.05, 0) is 23.8 Å². The van der Waals surface area contributed by atoms with Gasteiger partial charge in [-0.15, -0.1) is 0 Å². The van der Waals surface area contributed by atoms with E-state index in [2.05, 4.69) is 0 Å². The van der Waals surface area contributed by atoms with Crippen LogP contribution < -0.4 is 0 Å². The van der Waals surface area contributed by atoms with Crippen LogP contribution >= 0.6 is 0 Å². The van der Waals surface area contributed by atoms with E-state index in [0.29, 0.717) is 0 Å². The molecule has 1 N–H and O–H groups in total. The van der Waals surface area contributed by atoms with Gasteiger partial charge in [0.1, 0.15) is 17.9 Å². The number of sulfone groups is 1. The summed E-state index contributed by atoms with van der Waals surface area (Å²) in [7, 11) is -3.46. The Labute approximate surface area is 122 Å². The zero-order valence-corrected chi connectivity index (χ0v) is 12.1. The minimum absolute atomic E-state index is 0.0439. The van der Waals surface area contributed by atoms with E-state index < -0.39 is 15.8 Å². The molecule has 0 spiro atoms. The number of hydrogen-bond acceptors (Lipinski definition) is 5. The fraction of sp³-hybridized carbons (Fsp3) is 0.133. The lowest BCUT2D eigenvalue weighted by Crippen LogP contribution is -2.07. The Kier molecular flexibility index (Phi) is 4.28. The molecule has 0 saturated carbocycles. The van der Waals surface area contributed by atoms with E-state index in [0.717, 1.165) is 24.0 Å². The van der Waals surface area contributed by atoms with Gasteiger partial charge in [-0.1, -0.05) is 30.3 Å². The second-order valence-corrected chi connectivity index (χ2v) is 6.53. The first kappa shape index (κ1) is 15.1. The molecular formula is C15H14O5S. The number of hydrogen-bond donors (Lipinski definition) is 1. The number of phenols is 1. The molecule has 0 fully saturated rings. The fourth-order valence-electron chi connectivity index (χ4n) is 1.71. The van der Waals surface area contributed by atoms with Crippen molar-refractivity contribution in [3.63, 3.8) is 0 Å². The van der Waals surface area contributed by atoms with Crippen LogP contribution in [0.15, 0.2) is 53.4 Å². The lowest BCUT2D eigenvalue weighted by atomic mass is 10.2. The average molecular weight is 306 g/mol. The molecule has 0 heterocycles. The van der Waals surface area contributed by atoms with Crippen molar-refractivity contribution in [2.75, 3.05) is 6.26 Å². The van der Waals surface area contributed by atoms with Gasteiger partial charge in [-0.25, -0.2) is 13.2 Å². The zero-order valence-electron chi connectivity index (χ0n) is 11.3. The number of benzene rings is 2. The summed E-state index contributed by atoms with van der Waals surface area (Å²) < 4.78 is 28.0. The second-order valence-electron chi connectivity index (χ2n) is 4.51. The summed E-state index contributed by atoms with van der Waals surface area (Å²) in [5.41, 5.74) is 0.624. The number of phenolic OH excluding ortho intramolecular Hbond substituents is 1. The number of carbonyl (C=O) groups excluding carboxylic acids is 1. The molecular weight excluding hydrogens is 292 g/mol. The lowest BCUT2D eigenvalue weighted by Gasteiger charge is -2.08. The van der Waals surface area contributed by atoms with E-state index in [9.17, 15) is 18.3 Å². The van der Waals surface area contributed by atoms with Crippen LogP contribution in [0.2, 0.25) is 0 Å². The monoisotopic (exact) mass is 306 g/mol. The Morgan fingerprint density at radius 2 is 1.81 bits per heavy atom. The van der Waals surface area contributed by atoms with E-state index in [4.69, 9.17) is 4.74 Å². The largest absolute Gasteiger partial charge is 0.507 e. The molecule has 2 rings (SSSR count). The van der Waals surface area contributed by atoms with Gasteiger partial charge in [-0.2, -0.15) is 0 Å². The molecule has 0 bridgehead atoms. The van der Waals surface area contributed by atoms with Crippen molar-refractivity contribution in [2.24, 2.45) is 0 Å². The smallest absolute Gasteiger partial charge is 0.342 e. The molecule has 0 radical (unpaired) electrons. The molecule has 110 valence electrons. The van der Waals surface area contributed by atoms with Crippen LogP contribution in [-0.4, -0.2) is 25.7 Å². The van der Waals surface area contributed by atoms with Crippen LogP contribution in [-0.2, 0) is 21.2 Å². The van der Waals surface area contributed by atoms with Gasteiger partial charge in [-0.3, -0.25) is 0 Å². The molecule has 0 aliphatic rings. The predicted octanol–water partition coefficient (Wildman–Crippen LogP) is 2.15. The highest BCUT2D eigenvalue weighted by Gasteiger charge is 2.17. The second kappa shape index (κ2) is 5.97. The van der Waals surface area contributed by atoms with Crippen molar-refractivity contribution in [2.45, 2.75) is 11.5 Å². The van der Waals surface area contributed by atoms with E-state index in [1.54, 1.807) is 12.1 Å². The highest BCUT2D eigenvalue weighted by atomic mass is 32.2. The maximum atomic E-state index is 11.9. The van der Waals surface area contributed by atoms with Crippen LogP contribution in [0.3, 0.4) is 0 Å². The van der Waals surface area contributed by atoms with Gasteiger partial charge >= 0.3 is 5.97 Å². The Bertz CT molecular complexity index is 751. The van der Waals surface area contributed by atoms with Crippen LogP contribution in [0.1, 0.15) is 15.9 Å². The Morgan fingerprint density at radius 1 is 1.14 bits per heavy atom. The van der Waals surface area contributed by atoms with E-state index >= 15 is 0 Å². The van der Waals surface area contributed by atoms with Crippen molar-refractivity contribution >= 4 is 15.8 Å². The molecule has 0 aromatic heterocycles. The summed E-state index contributed by atoms with van der Waals surface area (Å²) in [5.74, 6) is -1.10. The van der Waals surface area contributed by atoms with Gasteiger partial charge < -0.3 is 9.84 Å². The summed E-state index contributed by atoms with van der Waals surface area (Å²) in [6.07, 6.45) is 1.03. The number of esters is 1. The Morgan fingerprint density at radius 3 is 2.43 bits per heavy atom. The standard InChI is InChI=1S/C15H14O5S/c1-21(18,19)12-7-8-14(16)13(9-12)15(17)20-10-11-5-3-2-4-6-11/h2-9,16H,10H2,1H3. The maximum Gasteiger partial charge on any atom is 0.342 e. The first-order chi connectivity index (χ1) is 9.88. The number of carbonyl (C=O) groups is 1. The van der Waals surface area contributed by atoms with Crippen molar-refractivity contribution in [3.8, 4) is 5.75 Å². The molecule has 0 atom stereocenters. The number of rotatable bonds is 4. The van der Waals surface area contributed by atoms with Crippen LogP contribution in [0.5, 0.6) is 5.75 Å². The quantitative estimate of drug-likeness (QED) is 0.875. The summed E-state index contributed by atoms with van der Waals surface area (Å²) in [5, 5.41) is 9.67. The molecule has 5 nitrogen and oxygen atoms in total. The number of ether oxygens (including phenoxy) is 1. The molecule has 2 aromatic carbocycles. The summed E-state index contributed by atoms with van der Waals surface area (Å²) in [6, 6.07) is 12.6. The third kappa shape index (κ3) is 3.82. The normalized spacial score (nSPS) is 11.1. The van der Waals surface area contributed by atoms with Crippen LogP contribution in [0.4, 0.5) is 0 Å². The fourth-order valence-corrected chi connectivity index (χ4v) is 2.36. The molecule has 2 aromatic rings. The van der Waals surface area contributed by atoms with Crippen molar-refractivity contribution in [1.29, 1.82) is 0 Å².